The zero-order valence-corrected chi connectivity index (χ0v) is 15.3. The van der Waals surface area contributed by atoms with Crippen LogP contribution in [0.3, 0.4) is 0 Å². The second kappa shape index (κ2) is 8.49. The molecule has 0 aliphatic heterocycles. The van der Waals surface area contributed by atoms with Crippen molar-refractivity contribution in [1.82, 2.24) is 15.0 Å². The summed E-state index contributed by atoms with van der Waals surface area (Å²) in [5.74, 6) is 2.73. The number of aromatic nitrogens is 2. The van der Waals surface area contributed by atoms with Crippen LogP contribution >= 0.6 is 0 Å². The van der Waals surface area contributed by atoms with E-state index in [1.807, 2.05) is 55.6 Å². The molecule has 0 bridgehead atoms. The Labute approximate surface area is 153 Å². The zero-order valence-electron chi connectivity index (χ0n) is 15.3. The van der Waals surface area contributed by atoms with Gasteiger partial charge in [-0.1, -0.05) is 35.5 Å². The molecular formula is C20H23N3O3. The number of hydrogen-bond acceptors (Lipinski definition) is 6. The van der Waals surface area contributed by atoms with Crippen LogP contribution in [-0.4, -0.2) is 29.2 Å². The number of nitrogens with zero attached hydrogens (tertiary/aromatic N) is 3. The highest BCUT2D eigenvalue weighted by Crippen LogP contribution is 2.24. The maximum absolute atomic E-state index is 5.64. The van der Waals surface area contributed by atoms with Crippen molar-refractivity contribution in [2.75, 3.05) is 14.2 Å². The Morgan fingerprint density at radius 1 is 1.08 bits per heavy atom. The van der Waals surface area contributed by atoms with Crippen LogP contribution in [0, 0.1) is 0 Å². The summed E-state index contributed by atoms with van der Waals surface area (Å²) >= 11 is 0. The molecule has 0 fully saturated rings. The number of hydrogen-bond donors (Lipinski definition) is 0. The average Bonchev–Trinajstić information content (AvgIpc) is 3.14. The fourth-order valence-electron chi connectivity index (χ4n) is 2.58. The van der Waals surface area contributed by atoms with Crippen molar-refractivity contribution in [1.29, 1.82) is 0 Å². The number of rotatable bonds is 8. The predicted molar refractivity (Wildman–Crippen MR) is 97.9 cm³/mol. The monoisotopic (exact) mass is 353 g/mol. The summed E-state index contributed by atoms with van der Waals surface area (Å²) in [6.45, 7) is 2.96. The molecule has 0 amide bonds. The van der Waals surface area contributed by atoms with Crippen molar-refractivity contribution in [3.05, 3.63) is 71.9 Å². The molecule has 2 aromatic carbocycles. The Balaban J connectivity index is 1.57. The molecule has 3 aromatic rings. The fraction of sp³-hybridized carbons (Fsp3) is 0.300. The van der Waals surface area contributed by atoms with Gasteiger partial charge in [0.15, 0.2) is 6.61 Å². The Hall–Kier alpha value is -2.86. The topological polar surface area (TPSA) is 60.6 Å². The van der Waals surface area contributed by atoms with E-state index in [-0.39, 0.29) is 12.6 Å². The Kier molecular flexibility index (Phi) is 5.86. The van der Waals surface area contributed by atoms with Crippen LogP contribution in [0.2, 0.25) is 0 Å². The highest BCUT2D eigenvalue weighted by Gasteiger charge is 2.16. The standard InChI is InChI=1S/C20H23N3O3/c1-15(16-8-7-11-18(12-16)24-3)23(2)13-20-21-19(22-26-20)14-25-17-9-5-4-6-10-17/h4-12,15H,13-14H2,1-3H3/t15-/m0/s1. The van der Waals surface area contributed by atoms with Gasteiger partial charge in [-0.3, -0.25) is 4.90 Å². The first-order valence-electron chi connectivity index (χ1n) is 8.49. The van der Waals surface area contributed by atoms with Crippen LogP contribution in [0.15, 0.2) is 59.1 Å². The molecule has 0 radical (unpaired) electrons. The predicted octanol–water partition coefficient (Wildman–Crippen LogP) is 3.85. The fourth-order valence-corrected chi connectivity index (χ4v) is 2.58. The van der Waals surface area contributed by atoms with Gasteiger partial charge < -0.3 is 14.0 Å². The molecule has 1 aromatic heterocycles. The molecule has 6 heteroatoms. The van der Waals surface area contributed by atoms with E-state index in [0.717, 1.165) is 11.5 Å². The number of benzene rings is 2. The van der Waals surface area contributed by atoms with Crippen molar-refractivity contribution in [2.24, 2.45) is 0 Å². The van der Waals surface area contributed by atoms with E-state index in [2.05, 4.69) is 28.0 Å². The van der Waals surface area contributed by atoms with E-state index in [1.54, 1.807) is 7.11 Å². The molecule has 0 N–H and O–H groups in total. The lowest BCUT2D eigenvalue weighted by atomic mass is 10.1. The maximum Gasteiger partial charge on any atom is 0.240 e. The molecule has 0 unspecified atom stereocenters. The third kappa shape index (κ3) is 4.61. The van der Waals surface area contributed by atoms with E-state index in [9.17, 15) is 0 Å². The first kappa shape index (κ1) is 17.9. The smallest absolute Gasteiger partial charge is 0.240 e. The van der Waals surface area contributed by atoms with E-state index >= 15 is 0 Å². The van der Waals surface area contributed by atoms with E-state index in [4.69, 9.17) is 14.0 Å². The Bertz CT molecular complexity index is 820. The number of para-hydroxylation sites is 1. The Morgan fingerprint density at radius 3 is 2.62 bits per heavy atom. The lowest BCUT2D eigenvalue weighted by Crippen LogP contribution is -2.22. The van der Waals surface area contributed by atoms with Crippen LogP contribution < -0.4 is 9.47 Å². The first-order valence-corrected chi connectivity index (χ1v) is 8.49. The van der Waals surface area contributed by atoms with Crippen molar-refractivity contribution in [3.63, 3.8) is 0 Å². The molecular weight excluding hydrogens is 330 g/mol. The molecule has 1 atom stereocenters. The molecule has 0 aliphatic carbocycles. The van der Waals surface area contributed by atoms with Crippen molar-refractivity contribution < 1.29 is 14.0 Å². The minimum absolute atomic E-state index is 0.181. The summed E-state index contributed by atoms with van der Waals surface area (Å²) in [4.78, 5) is 6.55. The minimum Gasteiger partial charge on any atom is -0.497 e. The molecule has 0 aliphatic rings. The average molecular weight is 353 g/mol. The summed E-state index contributed by atoms with van der Waals surface area (Å²) in [7, 11) is 3.69. The van der Waals surface area contributed by atoms with E-state index < -0.39 is 0 Å². The zero-order chi connectivity index (χ0) is 18.4. The molecule has 26 heavy (non-hydrogen) atoms. The van der Waals surface area contributed by atoms with Gasteiger partial charge in [-0.05, 0) is 43.8 Å². The number of ether oxygens (including phenoxy) is 2. The largest absolute Gasteiger partial charge is 0.497 e. The van der Waals surface area contributed by atoms with E-state index in [1.165, 1.54) is 5.56 Å². The van der Waals surface area contributed by atoms with Gasteiger partial charge in [0.1, 0.15) is 11.5 Å². The van der Waals surface area contributed by atoms with Gasteiger partial charge in [-0.25, -0.2) is 0 Å². The first-order chi connectivity index (χ1) is 12.7. The van der Waals surface area contributed by atoms with Gasteiger partial charge >= 0.3 is 0 Å². The molecule has 0 saturated carbocycles. The van der Waals surface area contributed by atoms with Crippen LogP contribution in [0.1, 0.15) is 30.2 Å². The summed E-state index contributed by atoms with van der Waals surface area (Å²) in [6.07, 6.45) is 0. The van der Waals surface area contributed by atoms with Crippen molar-refractivity contribution in [2.45, 2.75) is 26.1 Å². The maximum atomic E-state index is 5.64. The quantitative estimate of drug-likeness (QED) is 0.613. The second-order valence-electron chi connectivity index (χ2n) is 6.07. The lowest BCUT2D eigenvalue weighted by Gasteiger charge is -2.23. The lowest BCUT2D eigenvalue weighted by molar-refractivity contribution is 0.215. The molecule has 0 spiro atoms. The molecule has 0 saturated heterocycles. The SMILES string of the molecule is COc1cccc([C@H](C)N(C)Cc2nc(COc3ccccc3)no2)c1. The highest BCUT2D eigenvalue weighted by atomic mass is 16.5. The highest BCUT2D eigenvalue weighted by molar-refractivity contribution is 5.30. The van der Waals surface area contributed by atoms with Crippen LogP contribution in [0.4, 0.5) is 0 Å². The van der Waals surface area contributed by atoms with Crippen LogP contribution in [0.5, 0.6) is 11.5 Å². The van der Waals surface area contributed by atoms with Crippen molar-refractivity contribution >= 4 is 0 Å². The van der Waals surface area contributed by atoms with E-state index in [0.29, 0.717) is 18.3 Å². The molecule has 6 nitrogen and oxygen atoms in total. The van der Waals surface area contributed by atoms with Gasteiger partial charge in [0.2, 0.25) is 11.7 Å². The summed E-state index contributed by atoms with van der Waals surface area (Å²) in [5.41, 5.74) is 1.17. The van der Waals surface area contributed by atoms with Gasteiger partial charge in [-0.15, -0.1) is 0 Å². The van der Waals surface area contributed by atoms with Gasteiger partial charge in [0, 0.05) is 6.04 Å². The molecule has 1 heterocycles. The third-order valence-corrected chi connectivity index (χ3v) is 4.24. The second-order valence-corrected chi connectivity index (χ2v) is 6.07. The Morgan fingerprint density at radius 2 is 1.85 bits per heavy atom. The summed E-state index contributed by atoms with van der Waals surface area (Å²) in [5, 5.41) is 3.99. The van der Waals surface area contributed by atoms with Gasteiger partial charge in [0.25, 0.3) is 0 Å². The number of methoxy groups -OCH3 is 1. The summed E-state index contributed by atoms with van der Waals surface area (Å²) < 4.78 is 16.3. The van der Waals surface area contributed by atoms with Crippen LogP contribution in [-0.2, 0) is 13.2 Å². The van der Waals surface area contributed by atoms with Gasteiger partial charge in [-0.2, -0.15) is 4.98 Å². The van der Waals surface area contributed by atoms with Crippen molar-refractivity contribution in [3.8, 4) is 11.5 Å². The summed E-state index contributed by atoms with van der Waals surface area (Å²) in [6, 6.07) is 17.8. The minimum atomic E-state index is 0.181. The normalized spacial score (nSPS) is 12.2. The molecule has 136 valence electrons. The van der Waals surface area contributed by atoms with Gasteiger partial charge in [0.05, 0.1) is 13.7 Å². The molecule has 3 rings (SSSR count). The third-order valence-electron chi connectivity index (χ3n) is 4.24. The van der Waals surface area contributed by atoms with Crippen LogP contribution in [0.25, 0.3) is 0 Å².